The van der Waals surface area contributed by atoms with Gasteiger partial charge in [0.05, 0.1) is 0 Å². The lowest BCUT2D eigenvalue weighted by molar-refractivity contribution is 0.204. The second-order valence-electron chi connectivity index (χ2n) is 4.73. The van der Waals surface area contributed by atoms with Gasteiger partial charge in [-0.25, -0.2) is 4.79 Å². The highest BCUT2D eigenvalue weighted by Crippen LogP contribution is 2.29. The standard InChI is InChI=1S/C12H22N2OS/c1-2-16-11-6-5-10(9-11)13-12(15)14-7-3-4-8-14/h10-11H,2-9H2,1H3,(H,13,15). The van der Waals surface area contributed by atoms with Crippen molar-refractivity contribution in [1.29, 1.82) is 0 Å². The Morgan fingerprint density at radius 1 is 1.38 bits per heavy atom. The fourth-order valence-electron chi connectivity index (χ4n) is 2.64. The molecule has 92 valence electrons. The van der Waals surface area contributed by atoms with Crippen LogP contribution in [0.3, 0.4) is 0 Å². The van der Waals surface area contributed by atoms with Crippen LogP contribution >= 0.6 is 11.8 Å². The highest BCUT2D eigenvalue weighted by Gasteiger charge is 2.27. The van der Waals surface area contributed by atoms with Crippen LogP contribution < -0.4 is 5.32 Å². The summed E-state index contributed by atoms with van der Waals surface area (Å²) in [6.45, 7) is 4.11. The molecule has 2 rings (SSSR count). The van der Waals surface area contributed by atoms with Gasteiger partial charge in [0.1, 0.15) is 0 Å². The maximum atomic E-state index is 11.9. The summed E-state index contributed by atoms with van der Waals surface area (Å²) in [7, 11) is 0. The molecule has 16 heavy (non-hydrogen) atoms. The fourth-order valence-corrected chi connectivity index (χ4v) is 3.79. The van der Waals surface area contributed by atoms with E-state index in [1.54, 1.807) is 0 Å². The van der Waals surface area contributed by atoms with Crippen LogP contribution in [0.4, 0.5) is 4.79 Å². The molecule has 1 saturated heterocycles. The van der Waals surface area contributed by atoms with Crippen molar-refractivity contribution in [2.45, 2.75) is 50.3 Å². The molecule has 2 unspecified atom stereocenters. The summed E-state index contributed by atoms with van der Waals surface area (Å²) in [5, 5.41) is 3.95. The minimum atomic E-state index is 0.171. The number of likely N-dealkylation sites (tertiary alicyclic amines) is 1. The third-order valence-electron chi connectivity index (χ3n) is 3.51. The summed E-state index contributed by atoms with van der Waals surface area (Å²) in [5.74, 6) is 1.19. The van der Waals surface area contributed by atoms with E-state index in [1.165, 1.54) is 25.0 Å². The molecule has 1 heterocycles. The van der Waals surface area contributed by atoms with E-state index in [0.29, 0.717) is 6.04 Å². The van der Waals surface area contributed by atoms with Gasteiger partial charge in [-0.1, -0.05) is 6.92 Å². The Bertz CT molecular complexity index is 241. The molecule has 0 bridgehead atoms. The summed E-state index contributed by atoms with van der Waals surface area (Å²) in [6.07, 6.45) is 5.94. The zero-order valence-corrected chi connectivity index (χ0v) is 10.9. The summed E-state index contributed by atoms with van der Waals surface area (Å²) >= 11 is 2.04. The van der Waals surface area contributed by atoms with Gasteiger partial charge in [-0.15, -0.1) is 0 Å². The first-order chi connectivity index (χ1) is 7.79. The molecule has 2 aliphatic rings. The number of rotatable bonds is 3. The smallest absolute Gasteiger partial charge is 0.317 e. The van der Waals surface area contributed by atoms with E-state index in [2.05, 4.69) is 12.2 Å². The molecule has 3 nitrogen and oxygen atoms in total. The van der Waals surface area contributed by atoms with Gasteiger partial charge in [0.15, 0.2) is 0 Å². The molecule has 4 heteroatoms. The maximum absolute atomic E-state index is 11.9. The zero-order valence-electron chi connectivity index (χ0n) is 10.1. The molecule has 2 amide bonds. The second-order valence-corrected chi connectivity index (χ2v) is 6.31. The number of hydrogen-bond acceptors (Lipinski definition) is 2. The summed E-state index contributed by atoms with van der Waals surface area (Å²) in [5.41, 5.74) is 0. The van der Waals surface area contributed by atoms with Crippen LogP contribution in [-0.4, -0.2) is 41.1 Å². The van der Waals surface area contributed by atoms with E-state index >= 15 is 0 Å². The number of thioether (sulfide) groups is 1. The van der Waals surface area contributed by atoms with Crippen molar-refractivity contribution >= 4 is 17.8 Å². The van der Waals surface area contributed by atoms with Gasteiger partial charge in [0, 0.05) is 24.4 Å². The van der Waals surface area contributed by atoms with E-state index in [9.17, 15) is 4.79 Å². The third kappa shape index (κ3) is 3.06. The third-order valence-corrected chi connectivity index (χ3v) is 4.74. The minimum Gasteiger partial charge on any atom is -0.335 e. The van der Waals surface area contributed by atoms with Crippen molar-refractivity contribution in [2.75, 3.05) is 18.8 Å². The summed E-state index contributed by atoms with van der Waals surface area (Å²) in [4.78, 5) is 13.8. The lowest BCUT2D eigenvalue weighted by Crippen LogP contribution is -2.42. The van der Waals surface area contributed by atoms with Crippen molar-refractivity contribution in [2.24, 2.45) is 0 Å². The molecule has 0 aromatic heterocycles. The molecule has 0 aromatic rings. The Kier molecular flexibility index (Phi) is 4.38. The Labute approximate surface area is 102 Å². The lowest BCUT2D eigenvalue weighted by Gasteiger charge is -2.20. The first kappa shape index (κ1) is 12.1. The molecule has 2 fully saturated rings. The van der Waals surface area contributed by atoms with Gasteiger partial charge in [0.2, 0.25) is 0 Å². The van der Waals surface area contributed by atoms with Crippen molar-refractivity contribution in [3.05, 3.63) is 0 Å². The Morgan fingerprint density at radius 3 is 2.81 bits per heavy atom. The molecule has 1 saturated carbocycles. The number of hydrogen-bond donors (Lipinski definition) is 1. The number of carbonyl (C=O) groups is 1. The first-order valence-electron chi connectivity index (χ1n) is 6.46. The topological polar surface area (TPSA) is 32.3 Å². The molecular weight excluding hydrogens is 220 g/mol. The Balaban J connectivity index is 1.71. The Hall–Kier alpha value is -0.380. The monoisotopic (exact) mass is 242 g/mol. The van der Waals surface area contributed by atoms with Crippen molar-refractivity contribution in [3.63, 3.8) is 0 Å². The highest BCUT2D eigenvalue weighted by atomic mass is 32.2. The van der Waals surface area contributed by atoms with E-state index in [4.69, 9.17) is 0 Å². The average molecular weight is 242 g/mol. The van der Waals surface area contributed by atoms with Gasteiger partial charge >= 0.3 is 6.03 Å². The van der Waals surface area contributed by atoms with Gasteiger partial charge in [-0.3, -0.25) is 0 Å². The van der Waals surface area contributed by atoms with Gasteiger partial charge in [-0.05, 0) is 37.9 Å². The number of urea groups is 1. The minimum absolute atomic E-state index is 0.171. The van der Waals surface area contributed by atoms with Crippen LogP contribution in [-0.2, 0) is 0 Å². The van der Waals surface area contributed by atoms with Gasteiger partial charge in [-0.2, -0.15) is 11.8 Å². The maximum Gasteiger partial charge on any atom is 0.317 e. The predicted octanol–water partition coefficient (Wildman–Crippen LogP) is 2.47. The molecule has 0 aromatic carbocycles. The second kappa shape index (κ2) is 5.80. The van der Waals surface area contributed by atoms with Crippen LogP contribution in [0.1, 0.15) is 39.0 Å². The van der Waals surface area contributed by atoms with Crippen molar-refractivity contribution in [3.8, 4) is 0 Å². The highest BCUT2D eigenvalue weighted by molar-refractivity contribution is 7.99. The fraction of sp³-hybridized carbons (Fsp3) is 0.917. The largest absolute Gasteiger partial charge is 0.335 e. The van der Waals surface area contributed by atoms with E-state index in [-0.39, 0.29) is 6.03 Å². The Morgan fingerprint density at radius 2 is 2.12 bits per heavy atom. The molecule has 1 aliphatic carbocycles. The molecule has 0 spiro atoms. The van der Waals surface area contributed by atoms with Crippen LogP contribution in [0.2, 0.25) is 0 Å². The summed E-state index contributed by atoms with van der Waals surface area (Å²) < 4.78 is 0. The van der Waals surface area contributed by atoms with Crippen LogP contribution in [0, 0.1) is 0 Å². The molecule has 1 aliphatic heterocycles. The number of nitrogens with zero attached hydrogens (tertiary/aromatic N) is 1. The quantitative estimate of drug-likeness (QED) is 0.824. The van der Waals surface area contributed by atoms with Crippen molar-refractivity contribution in [1.82, 2.24) is 10.2 Å². The lowest BCUT2D eigenvalue weighted by atomic mass is 10.2. The summed E-state index contributed by atoms with van der Waals surface area (Å²) in [6, 6.07) is 0.599. The molecule has 2 atom stereocenters. The van der Waals surface area contributed by atoms with Crippen LogP contribution in [0.25, 0.3) is 0 Å². The molecular formula is C12H22N2OS. The zero-order chi connectivity index (χ0) is 11.4. The van der Waals surface area contributed by atoms with Crippen LogP contribution in [0.5, 0.6) is 0 Å². The first-order valence-corrected chi connectivity index (χ1v) is 7.51. The van der Waals surface area contributed by atoms with Gasteiger partial charge in [0.25, 0.3) is 0 Å². The normalized spacial score (nSPS) is 29.7. The molecule has 1 N–H and O–H groups in total. The number of amides is 2. The number of nitrogens with one attached hydrogen (secondary N) is 1. The van der Waals surface area contributed by atoms with Gasteiger partial charge < -0.3 is 10.2 Å². The SMILES string of the molecule is CCSC1CCC(NC(=O)N2CCCC2)C1. The molecule has 0 radical (unpaired) electrons. The average Bonchev–Trinajstić information content (AvgIpc) is 2.89. The van der Waals surface area contributed by atoms with E-state index in [0.717, 1.165) is 31.2 Å². The van der Waals surface area contributed by atoms with E-state index < -0.39 is 0 Å². The predicted molar refractivity (Wildman–Crippen MR) is 68.9 cm³/mol. The van der Waals surface area contributed by atoms with Crippen molar-refractivity contribution < 1.29 is 4.79 Å². The number of carbonyl (C=O) groups excluding carboxylic acids is 1. The van der Waals surface area contributed by atoms with Crippen LogP contribution in [0.15, 0.2) is 0 Å². The van der Waals surface area contributed by atoms with E-state index in [1.807, 2.05) is 16.7 Å².